The highest BCUT2D eigenvalue weighted by Crippen LogP contribution is 2.25. The third-order valence-electron chi connectivity index (χ3n) is 4.38. The summed E-state index contributed by atoms with van der Waals surface area (Å²) in [5, 5.41) is 18.7. The zero-order valence-electron chi connectivity index (χ0n) is 18.2. The summed E-state index contributed by atoms with van der Waals surface area (Å²) in [5.41, 5.74) is 0.133. The minimum atomic E-state index is -0.390. The van der Waals surface area contributed by atoms with Crippen molar-refractivity contribution in [3.63, 3.8) is 0 Å². The fourth-order valence-electron chi connectivity index (χ4n) is 2.62. The smallest absolute Gasteiger partial charge is 0.216 e. The highest BCUT2D eigenvalue weighted by Gasteiger charge is 2.23. The van der Waals surface area contributed by atoms with Crippen LogP contribution in [0.3, 0.4) is 0 Å². The van der Waals surface area contributed by atoms with Crippen molar-refractivity contribution >= 4 is 5.91 Å². The zero-order chi connectivity index (χ0) is 21.5. The van der Waals surface area contributed by atoms with E-state index in [0.29, 0.717) is 24.8 Å². The molecule has 0 aliphatic heterocycles. The summed E-state index contributed by atoms with van der Waals surface area (Å²) < 4.78 is 12.1. The molecule has 8 heteroatoms. The molecule has 0 saturated carbocycles. The van der Waals surface area contributed by atoms with E-state index in [4.69, 9.17) is 9.47 Å². The maximum absolute atomic E-state index is 11.0. The molecule has 0 bridgehead atoms. The van der Waals surface area contributed by atoms with Gasteiger partial charge in [0.05, 0.1) is 12.2 Å². The van der Waals surface area contributed by atoms with Gasteiger partial charge in [0.15, 0.2) is 5.82 Å². The van der Waals surface area contributed by atoms with Gasteiger partial charge in [-0.2, -0.15) is 0 Å². The third kappa shape index (κ3) is 8.11. The van der Waals surface area contributed by atoms with Gasteiger partial charge in [-0.05, 0) is 65.3 Å². The van der Waals surface area contributed by atoms with Crippen LogP contribution in [0.1, 0.15) is 53.3 Å². The predicted octanol–water partition coefficient (Wildman–Crippen LogP) is 3.11. The summed E-state index contributed by atoms with van der Waals surface area (Å²) in [4.78, 5) is 11.0. The first kappa shape index (κ1) is 22.7. The highest BCUT2D eigenvalue weighted by atomic mass is 16.5. The molecule has 0 aliphatic rings. The molecule has 1 amide bonds. The monoisotopic (exact) mass is 401 g/mol. The number of aromatic nitrogens is 4. The van der Waals surface area contributed by atoms with Crippen LogP contribution in [0.4, 0.5) is 0 Å². The summed E-state index contributed by atoms with van der Waals surface area (Å²) >= 11 is 0. The predicted molar refractivity (Wildman–Crippen MR) is 110 cm³/mol. The average molecular weight is 402 g/mol. The van der Waals surface area contributed by atoms with Crippen molar-refractivity contribution in [2.45, 2.75) is 65.6 Å². The van der Waals surface area contributed by atoms with E-state index in [9.17, 15) is 4.79 Å². The van der Waals surface area contributed by atoms with Crippen LogP contribution in [0, 0.1) is 6.92 Å². The Morgan fingerprint density at radius 2 is 1.59 bits per heavy atom. The molecule has 0 fully saturated rings. The van der Waals surface area contributed by atoms with E-state index in [1.165, 1.54) is 6.92 Å². The standard InChI is InChI=1S/C21H31N5O3/c1-15-23-25-19(26-24-15)17-7-9-18(10-8-17)29-21(5,6)12-14-28-20(3,4)11-13-22-16(2)27/h7-10H,11-14H2,1-6H3,(H,22,27). The SMILES string of the molecule is CC(=O)NCCC(C)(C)OCCC(C)(C)Oc1ccc(-c2nnc(C)nn2)cc1. The molecule has 1 aromatic heterocycles. The van der Waals surface area contributed by atoms with Crippen LogP contribution >= 0.6 is 0 Å². The Kier molecular flexibility index (Phi) is 7.61. The van der Waals surface area contributed by atoms with Crippen molar-refractivity contribution in [3.8, 4) is 17.1 Å². The van der Waals surface area contributed by atoms with Gasteiger partial charge in [0.25, 0.3) is 0 Å². The van der Waals surface area contributed by atoms with E-state index >= 15 is 0 Å². The van der Waals surface area contributed by atoms with Gasteiger partial charge < -0.3 is 14.8 Å². The van der Waals surface area contributed by atoms with Gasteiger partial charge in [-0.25, -0.2) is 0 Å². The Morgan fingerprint density at radius 3 is 2.17 bits per heavy atom. The Hall–Kier alpha value is -2.61. The maximum Gasteiger partial charge on any atom is 0.216 e. The van der Waals surface area contributed by atoms with Gasteiger partial charge >= 0.3 is 0 Å². The van der Waals surface area contributed by atoms with Crippen molar-refractivity contribution in [2.75, 3.05) is 13.2 Å². The molecule has 0 aliphatic carbocycles. The topological polar surface area (TPSA) is 99.1 Å². The van der Waals surface area contributed by atoms with Crippen LogP contribution in [0.2, 0.25) is 0 Å². The van der Waals surface area contributed by atoms with Gasteiger partial charge in [0.1, 0.15) is 11.4 Å². The summed E-state index contributed by atoms with van der Waals surface area (Å²) in [5.74, 6) is 1.76. The number of rotatable bonds is 10. The zero-order valence-corrected chi connectivity index (χ0v) is 18.2. The molecule has 2 aromatic rings. The number of nitrogens with zero attached hydrogens (tertiary/aromatic N) is 4. The Morgan fingerprint density at radius 1 is 0.966 bits per heavy atom. The van der Waals surface area contributed by atoms with Gasteiger partial charge in [0.2, 0.25) is 11.7 Å². The van der Waals surface area contributed by atoms with Crippen LogP contribution in [-0.2, 0) is 9.53 Å². The third-order valence-corrected chi connectivity index (χ3v) is 4.38. The molecular formula is C21H31N5O3. The van der Waals surface area contributed by atoms with Crippen LogP contribution in [0.15, 0.2) is 24.3 Å². The number of benzene rings is 1. The lowest BCUT2D eigenvalue weighted by molar-refractivity contribution is -0.119. The minimum Gasteiger partial charge on any atom is -0.488 e. The number of carbonyl (C=O) groups excluding carboxylic acids is 1. The van der Waals surface area contributed by atoms with E-state index in [2.05, 4.69) is 25.7 Å². The van der Waals surface area contributed by atoms with Gasteiger partial charge in [-0.15, -0.1) is 20.4 Å². The van der Waals surface area contributed by atoms with E-state index in [1.54, 1.807) is 6.92 Å². The molecule has 0 spiro atoms. The first-order valence-corrected chi connectivity index (χ1v) is 9.78. The van der Waals surface area contributed by atoms with Crippen molar-refractivity contribution in [3.05, 3.63) is 30.1 Å². The Bertz CT molecular complexity index is 789. The molecular weight excluding hydrogens is 370 g/mol. The largest absolute Gasteiger partial charge is 0.488 e. The average Bonchev–Trinajstić information content (AvgIpc) is 2.62. The van der Waals surface area contributed by atoms with E-state index in [0.717, 1.165) is 24.2 Å². The number of hydrogen-bond donors (Lipinski definition) is 1. The van der Waals surface area contributed by atoms with Crippen molar-refractivity contribution in [2.24, 2.45) is 0 Å². The van der Waals surface area contributed by atoms with Crippen LogP contribution in [0.5, 0.6) is 5.75 Å². The minimum absolute atomic E-state index is 0.0252. The molecule has 2 rings (SSSR count). The van der Waals surface area contributed by atoms with Crippen LogP contribution in [0.25, 0.3) is 11.4 Å². The molecule has 0 saturated heterocycles. The second-order valence-electron chi connectivity index (χ2n) is 8.25. The normalized spacial score (nSPS) is 11.9. The van der Waals surface area contributed by atoms with E-state index < -0.39 is 5.60 Å². The quantitative estimate of drug-likeness (QED) is 0.653. The second-order valence-corrected chi connectivity index (χ2v) is 8.25. The van der Waals surface area contributed by atoms with Gasteiger partial charge in [-0.1, -0.05) is 0 Å². The molecule has 29 heavy (non-hydrogen) atoms. The fourth-order valence-corrected chi connectivity index (χ4v) is 2.62. The van der Waals surface area contributed by atoms with E-state index in [-0.39, 0.29) is 11.5 Å². The van der Waals surface area contributed by atoms with Gasteiger partial charge in [0, 0.05) is 25.5 Å². The lowest BCUT2D eigenvalue weighted by Crippen LogP contribution is -2.35. The summed E-state index contributed by atoms with van der Waals surface area (Å²) in [6.07, 6.45) is 1.48. The number of nitrogens with one attached hydrogen (secondary N) is 1. The molecule has 8 nitrogen and oxygen atoms in total. The summed E-state index contributed by atoms with van der Waals surface area (Å²) in [7, 11) is 0. The summed E-state index contributed by atoms with van der Waals surface area (Å²) in [6.45, 7) is 12.5. The molecule has 1 heterocycles. The van der Waals surface area contributed by atoms with Crippen LogP contribution in [-0.4, -0.2) is 50.7 Å². The summed E-state index contributed by atoms with van der Waals surface area (Å²) in [6, 6.07) is 7.55. The van der Waals surface area contributed by atoms with Crippen molar-refractivity contribution < 1.29 is 14.3 Å². The lowest BCUT2D eigenvalue weighted by atomic mass is 10.0. The fraction of sp³-hybridized carbons (Fsp3) is 0.571. The molecule has 0 unspecified atom stereocenters. The highest BCUT2D eigenvalue weighted by molar-refractivity contribution is 5.72. The number of hydrogen-bond acceptors (Lipinski definition) is 7. The second kappa shape index (κ2) is 9.73. The van der Waals surface area contributed by atoms with Gasteiger partial charge in [-0.3, -0.25) is 4.79 Å². The number of carbonyl (C=O) groups is 1. The maximum atomic E-state index is 11.0. The lowest BCUT2D eigenvalue weighted by Gasteiger charge is -2.30. The van der Waals surface area contributed by atoms with E-state index in [1.807, 2.05) is 52.0 Å². The molecule has 1 N–H and O–H groups in total. The first-order chi connectivity index (χ1) is 13.6. The van der Waals surface area contributed by atoms with Crippen LogP contribution < -0.4 is 10.1 Å². The molecule has 158 valence electrons. The Labute approximate surface area is 172 Å². The molecule has 0 atom stereocenters. The molecule has 0 radical (unpaired) electrons. The first-order valence-electron chi connectivity index (χ1n) is 9.78. The number of ether oxygens (including phenoxy) is 2. The van der Waals surface area contributed by atoms with Crippen molar-refractivity contribution in [1.82, 2.24) is 25.7 Å². The Balaban J connectivity index is 1.83. The number of aryl methyl sites for hydroxylation is 1. The van der Waals surface area contributed by atoms with Crippen molar-refractivity contribution in [1.29, 1.82) is 0 Å². The molecule has 1 aromatic carbocycles. The number of amides is 1.